The number of methoxy groups -OCH3 is 1. The van der Waals surface area contributed by atoms with Gasteiger partial charge in [-0.3, -0.25) is 4.79 Å². The van der Waals surface area contributed by atoms with Gasteiger partial charge < -0.3 is 4.74 Å². The van der Waals surface area contributed by atoms with E-state index in [1.807, 2.05) is 18.2 Å². The minimum atomic E-state index is -0.114. The lowest BCUT2D eigenvalue weighted by Gasteiger charge is -1.98. The van der Waals surface area contributed by atoms with Gasteiger partial charge in [0.25, 0.3) is 0 Å². The zero-order valence-electron chi connectivity index (χ0n) is 8.96. The lowest BCUT2D eigenvalue weighted by Crippen LogP contribution is -2.07. The van der Waals surface area contributed by atoms with Crippen molar-refractivity contribution in [2.24, 2.45) is 17.3 Å². The maximum Gasteiger partial charge on any atom is 0.309 e. The van der Waals surface area contributed by atoms with Crippen LogP contribution in [0.25, 0.3) is 0 Å². The first-order valence-corrected chi connectivity index (χ1v) is 6.27. The number of hydrogen-bond acceptors (Lipinski definition) is 2. The maximum atomic E-state index is 11.4. The molecule has 84 valence electrons. The lowest BCUT2D eigenvalue weighted by molar-refractivity contribution is -0.143. The van der Waals surface area contributed by atoms with E-state index >= 15 is 0 Å². The molecule has 1 saturated carbocycles. The van der Waals surface area contributed by atoms with Crippen LogP contribution >= 0.6 is 31.9 Å². The van der Waals surface area contributed by atoms with Crippen molar-refractivity contribution in [3.63, 3.8) is 0 Å². The molecule has 0 amide bonds. The Kier molecular flexibility index (Phi) is 4.18. The topological polar surface area (TPSA) is 26.3 Å². The average molecular weight is 338 g/mol. The van der Waals surface area contributed by atoms with Gasteiger partial charge in [-0.1, -0.05) is 26.0 Å². The average Bonchev–Trinajstić information content (AvgIpc) is 2.67. The Morgan fingerprint density at radius 1 is 1.40 bits per heavy atom. The number of allylic oxidation sites excluding steroid dienone is 3. The second kappa shape index (κ2) is 4.83. The summed E-state index contributed by atoms with van der Waals surface area (Å²) >= 11 is 6.53. The zero-order valence-corrected chi connectivity index (χ0v) is 12.1. The number of rotatable bonds is 3. The van der Waals surface area contributed by atoms with Crippen LogP contribution < -0.4 is 0 Å². The maximum absolute atomic E-state index is 11.4. The van der Waals surface area contributed by atoms with Gasteiger partial charge >= 0.3 is 5.97 Å². The first-order valence-electron chi connectivity index (χ1n) is 4.68. The highest BCUT2D eigenvalue weighted by Gasteiger charge is 2.61. The molecular weight excluding hydrogens is 324 g/mol. The summed E-state index contributed by atoms with van der Waals surface area (Å²) in [6.07, 6.45) is 5.88. The van der Waals surface area contributed by atoms with E-state index in [0.717, 1.165) is 3.39 Å². The first-order chi connectivity index (χ1) is 6.91. The minimum absolute atomic E-state index is 0.00116. The highest BCUT2D eigenvalue weighted by molar-refractivity contribution is 9.28. The molecule has 4 heteroatoms. The van der Waals surface area contributed by atoms with Crippen molar-refractivity contribution in [3.8, 4) is 0 Å². The van der Waals surface area contributed by atoms with E-state index < -0.39 is 0 Å². The fraction of sp³-hybridized carbons (Fsp3) is 0.545. The number of hydrogen-bond donors (Lipinski definition) is 0. The van der Waals surface area contributed by atoms with Crippen molar-refractivity contribution in [2.75, 3.05) is 7.11 Å². The van der Waals surface area contributed by atoms with E-state index in [0.29, 0.717) is 0 Å². The molecule has 0 aromatic heterocycles. The van der Waals surface area contributed by atoms with Crippen LogP contribution in [0.4, 0.5) is 0 Å². The van der Waals surface area contributed by atoms with Crippen molar-refractivity contribution in [1.29, 1.82) is 0 Å². The van der Waals surface area contributed by atoms with Crippen LogP contribution in [-0.4, -0.2) is 13.1 Å². The lowest BCUT2D eigenvalue weighted by atomic mass is 10.1. The summed E-state index contributed by atoms with van der Waals surface area (Å²) in [5, 5.41) is 0. The molecule has 0 aliphatic heterocycles. The van der Waals surface area contributed by atoms with Gasteiger partial charge in [-0.05, 0) is 49.3 Å². The summed E-state index contributed by atoms with van der Waals surface area (Å²) in [4.78, 5) is 11.4. The number of ether oxygens (including phenoxy) is 1. The Labute approximate surface area is 107 Å². The van der Waals surface area contributed by atoms with E-state index in [-0.39, 0.29) is 23.2 Å². The Hall–Kier alpha value is -0.0900. The summed E-state index contributed by atoms with van der Waals surface area (Å²) in [5.74, 6) is 0.165. The number of carbonyl (C=O) groups is 1. The number of carbonyl (C=O) groups excluding carboxylic acids is 1. The van der Waals surface area contributed by atoms with Crippen LogP contribution in [0.5, 0.6) is 0 Å². The van der Waals surface area contributed by atoms with Gasteiger partial charge in [-0.15, -0.1) is 0 Å². The quantitative estimate of drug-likeness (QED) is 0.580. The van der Waals surface area contributed by atoms with Crippen LogP contribution in [0.15, 0.2) is 21.6 Å². The Balaban J connectivity index is 2.63. The minimum Gasteiger partial charge on any atom is -0.469 e. The van der Waals surface area contributed by atoms with Gasteiger partial charge in [0.2, 0.25) is 0 Å². The molecule has 1 rings (SSSR count). The predicted molar refractivity (Wildman–Crippen MR) is 67.9 cm³/mol. The molecule has 0 saturated heterocycles. The predicted octanol–water partition coefficient (Wildman–Crippen LogP) is 3.62. The molecule has 1 aliphatic carbocycles. The molecule has 0 spiro atoms. The van der Waals surface area contributed by atoms with Crippen molar-refractivity contribution in [2.45, 2.75) is 13.8 Å². The van der Waals surface area contributed by atoms with Gasteiger partial charge in [0, 0.05) is 0 Å². The van der Waals surface area contributed by atoms with Crippen molar-refractivity contribution >= 4 is 37.8 Å². The fourth-order valence-electron chi connectivity index (χ4n) is 1.86. The number of halogens is 2. The molecular formula is C11H14Br2O2. The van der Waals surface area contributed by atoms with Crippen LogP contribution in [0.2, 0.25) is 0 Å². The normalized spacial score (nSPS) is 27.5. The molecule has 2 nitrogen and oxygen atoms in total. The summed E-state index contributed by atoms with van der Waals surface area (Å²) in [6, 6.07) is 0. The summed E-state index contributed by atoms with van der Waals surface area (Å²) in [7, 11) is 1.44. The van der Waals surface area contributed by atoms with Crippen molar-refractivity contribution < 1.29 is 9.53 Å². The third-order valence-electron chi connectivity index (χ3n) is 2.91. The Bertz CT molecular complexity index is 315. The molecule has 1 fully saturated rings. The van der Waals surface area contributed by atoms with Crippen LogP contribution in [0, 0.1) is 17.3 Å². The van der Waals surface area contributed by atoms with Gasteiger partial charge in [0.15, 0.2) is 0 Å². The highest BCUT2D eigenvalue weighted by atomic mass is 79.9. The molecule has 0 radical (unpaired) electrons. The van der Waals surface area contributed by atoms with Crippen molar-refractivity contribution in [1.82, 2.24) is 0 Å². The third-order valence-corrected chi connectivity index (χ3v) is 3.44. The monoisotopic (exact) mass is 336 g/mol. The van der Waals surface area contributed by atoms with E-state index in [2.05, 4.69) is 45.7 Å². The van der Waals surface area contributed by atoms with Crippen LogP contribution in [-0.2, 0) is 9.53 Å². The molecule has 2 atom stereocenters. The number of esters is 1. The van der Waals surface area contributed by atoms with E-state index in [4.69, 9.17) is 4.74 Å². The van der Waals surface area contributed by atoms with E-state index in [9.17, 15) is 4.79 Å². The molecule has 0 bridgehead atoms. The SMILES string of the molecule is COC(=O)[C@@H]1[C@@H](C=CC=C(Br)Br)C1(C)C. The smallest absolute Gasteiger partial charge is 0.309 e. The molecule has 0 aromatic carbocycles. The van der Waals surface area contributed by atoms with Gasteiger partial charge in [0.1, 0.15) is 0 Å². The highest BCUT2D eigenvalue weighted by Crippen LogP contribution is 2.59. The van der Waals surface area contributed by atoms with Gasteiger partial charge in [-0.2, -0.15) is 0 Å². The fourth-order valence-corrected chi connectivity index (χ4v) is 2.17. The Morgan fingerprint density at radius 2 is 2.00 bits per heavy atom. The Morgan fingerprint density at radius 3 is 2.47 bits per heavy atom. The summed E-state index contributed by atoms with van der Waals surface area (Å²) in [6.45, 7) is 4.16. The summed E-state index contributed by atoms with van der Waals surface area (Å²) in [5.41, 5.74) is 0.0240. The van der Waals surface area contributed by atoms with Crippen LogP contribution in [0.3, 0.4) is 0 Å². The van der Waals surface area contributed by atoms with Gasteiger partial charge in [-0.25, -0.2) is 0 Å². The first kappa shape index (κ1) is 13.0. The standard InChI is InChI=1S/C11H14Br2O2/c1-11(2)7(5-4-6-8(12)13)9(11)10(14)15-3/h4-7,9H,1-3H3/t7-,9+/m1/s1. The molecule has 0 N–H and O–H groups in total. The summed E-state index contributed by atoms with van der Waals surface area (Å²) < 4.78 is 5.65. The zero-order chi connectivity index (χ0) is 11.6. The second-order valence-corrected chi connectivity index (χ2v) is 6.96. The van der Waals surface area contributed by atoms with Crippen molar-refractivity contribution in [3.05, 3.63) is 21.6 Å². The third kappa shape index (κ3) is 2.94. The van der Waals surface area contributed by atoms with Gasteiger partial charge in [0.05, 0.1) is 16.4 Å². The van der Waals surface area contributed by atoms with Crippen LogP contribution in [0.1, 0.15) is 13.8 Å². The molecule has 1 aliphatic rings. The van der Waals surface area contributed by atoms with E-state index in [1.54, 1.807) is 0 Å². The molecule has 0 aromatic rings. The molecule has 0 heterocycles. The molecule has 15 heavy (non-hydrogen) atoms. The largest absolute Gasteiger partial charge is 0.469 e. The second-order valence-electron chi connectivity index (χ2n) is 4.19. The van der Waals surface area contributed by atoms with E-state index in [1.165, 1.54) is 7.11 Å². The molecule has 0 unspecified atom stereocenters.